The first-order valence-electron chi connectivity index (χ1n) is 10.5. The van der Waals surface area contributed by atoms with Gasteiger partial charge in [-0.15, -0.1) is 0 Å². The smallest absolute Gasteiger partial charge is 0.319 e. The lowest BCUT2D eigenvalue weighted by molar-refractivity contribution is -0.134. The third kappa shape index (κ3) is 6.60. The van der Waals surface area contributed by atoms with Crippen LogP contribution in [0, 0.1) is 5.92 Å². The van der Waals surface area contributed by atoms with Crippen molar-refractivity contribution in [3.05, 3.63) is 23.8 Å². The highest BCUT2D eigenvalue weighted by atomic mass is 16.5. The summed E-state index contributed by atoms with van der Waals surface area (Å²) in [6.07, 6.45) is 0.0173. The molecule has 0 fully saturated rings. The molecule has 1 aliphatic heterocycles. The number of nitrogens with one attached hydrogen (secondary N) is 2. The molecule has 168 valence electrons. The number of anilines is 1. The summed E-state index contributed by atoms with van der Waals surface area (Å²) in [6.45, 7) is 8.80. The van der Waals surface area contributed by atoms with Crippen LogP contribution in [0.5, 0.6) is 5.75 Å². The van der Waals surface area contributed by atoms with Crippen LogP contribution >= 0.6 is 0 Å². The van der Waals surface area contributed by atoms with Gasteiger partial charge in [-0.2, -0.15) is 0 Å². The number of amides is 3. The van der Waals surface area contributed by atoms with Crippen LogP contribution in [0.15, 0.2) is 18.2 Å². The molecule has 0 aromatic heterocycles. The summed E-state index contributed by atoms with van der Waals surface area (Å²) < 4.78 is 6.36. The van der Waals surface area contributed by atoms with Crippen LogP contribution in [0.2, 0.25) is 0 Å². The minimum Gasteiger partial charge on any atom is -0.488 e. The monoisotopic (exact) mass is 420 g/mol. The number of carbonyl (C=O) groups excluding carboxylic acids is 2. The third-order valence-electron chi connectivity index (χ3n) is 5.14. The number of benzene rings is 1. The number of likely N-dealkylation sites (N-methyl/N-ethyl adjacent to an activating group) is 1. The molecule has 1 aromatic rings. The molecule has 0 bridgehead atoms. The van der Waals surface area contributed by atoms with Crippen LogP contribution in [-0.2, 0) is 11.2 Å². The van der Waals surface area contributed by atoms with Gasteiger partial charge in [-0.25, -0.2) is 4.79 Å². The first-order valence-corrected chi connectivity index (χ1v) is 10.5. The Morgan fingerprint density at radius 3 is 2.63 bits per heavy atom. The van der Waals surface area contributed by atoms with Crippen LogP contribution in [-0.4, -0.2) is 78.8 Å². The number of hydrogen-bond acceptors (Lipinski definition) is 5. The molecular weight excluding hydrogens is 384 g/mol. The maximum absolute atomic E-state index is 13.1. The van der Waals surface area contributed by atoms with E-state index in [1.54, 1.807) is 17.0 Å². The summed E-state index contributed by atoms with van der Waals surface area (Å²) in [5, 5.41) is 15.3. The minimum absolute atomic E-state index is 0.0181. The quantitative estimate of drug-likeness (QED) is 0.654. The zero-order valence-electron chi connectivity index (χ0n) is 18.9. The van der Waals surface area contributed by atoms with E-state index in [-0.39, 0.29) is 49.1 Å². The lowest BCUT2D eigenvalue weighted by atomic mass is 10.0. The molecule has 8 nitrogen and oxygen atoms in total. The van der Waals surface area contributed by atoms with Gasteiger partial charge in [0.2, 0.25) is 5.91 Å². The van der Waals surface area contributed by atoms with E-state index < -0.39 is 0 Å². The molecule has 0 unspecified atom stereocenters. The molecule has 8 heteroatoms. The van der Waals surface area contributed by atoms with Crippen molar-refractivity contribution >= 4 is 17.6 Å². The highest BCUT2D eigenvalue weighted by molar-refractivity contribution is 5.90. The zero-order valence-corrected chi connectivity index (χ0v) is 18.9. The molecule has 0 spiro atoms. The van der Waals surface area contributed by atoms with Crippen molar-refractivity contribution in [2.45, 2.75) is 52.3 Å². The van der Waals surface area contributed by atoms with Gasteiger partial charge in [0.05, 0.1) is 19.1 Å². The molecule has 3 amide bonds. The second-order valence-electron chi connectivity index (χ2n) is 8.73. The molecule has 0 saturated carbocycles. The molecule has 3 N–H and O–H groups in total. The van der Waals surface area contributed by atoms with Crippen LogP contribution < -0.4 is 15.4 Å². The number of hydrogen-bond donors (Lipinski definition) is 3. The van der Waals surface area contributed by atoms with E-state index in [4.69, 9.17) is 4.74 Å². The Morgan fingerprint density at radius 2 is 2.03 bits per heavy atom. The number of rotatable bonds is 6. The summed E-state index contributed by atoms with van der Waals surface area (Å²) >= 11 is 0. The van der Waals surface area contributed by atoms with Crippen molar-refractivity contribution < 1.29 is 19.4 Å². The Kier molecular flexibility index (Phi) is 8.49. The highest BCUT2D eigenvalue weighted by Gasteiger charge is 2.30. The molecule has 30 heavy (non-hydrogen) atoms. The molecule has 1 aromatic carbocycles. The van der Waals surface area contributed by atoms with Crippen LogP contribution in [0.3, 0.4) is 0 Å². The van der Waals surface area contributed by atoms with Crippen molar-refractivity contribution in [1.82, 2.24) is 15.1 Å². The van der Waals surface area contributed by atoms with E-state index in [9.17, 15) is 14.7 Å². The minimum atomic E-state index is -0.296. The standard InChI is InChI=1S/C22H36N4O4/c1-14(2)23-22(29)24-18-7-8-19-17(9-18)10-21(28)26(16(4)13-27)11-15(3)20(30-19)12-25(5)6/h7-9,14-16,20,27H,10-13H2,1-6H3,(H2,23,24,29)/t15-,16-,20-/m0/s1. The molecule has 1 aliphatic rings. The fraction of sp³-hybridized carbons (Fsp3) is 0.636. The highest BCUT2D eigenvalue weighted by Crippen LogP contribution is 2.29. The normalized spacial score (nSPS) is 20.7. The van der Waals surface area contributed by atoms with Crippen molar-refractivity contribution in [1.29, 1.82) is 0 Å². The van der Waals surface area contributed by atoms with Crippen LogP contribution in [0.4, 0.5) is 10.5 Å². The number of fused-ring (bicyclic) bond motifs is 1. The molecule has 0 saturated heterocycles. The summed E-state index contributed by atoms with van der Waals surface area (Å²) in [4.78, 5) is 28.9. The number of aliphatic hydroxyl groups excluding tert-OH is 1. The Hall–Kier alpha value is -2.32. The number of ether oxygens (including phenoxy) is 1. The van der Waals surface area contributed by atoms with Gasteiger partial charge in [-0.3, -0.25) is 4.79 Å². The molecule has 0 aliphatic carbocycles. The largest absolute Gasteiger partial charge is 0.488 e. The molecular formula is C22H36N4O4. The zero-order chi connectivity index (χ0) is 22.4. The van der Waals surface area contributed by atoms with Crippen molar-refractivity contribution in [2.75, 3.05) is 39.1 Å². The fourth-order valence-electron chi connectivity index (χ4n) is 3.51. The van der Waals surface area contributed by atoms with E-state index in [1.807, 2.05) is 40.9 Å². The average molecular weight is 421 g/mol. The Morgan fingerprint density at radius 1 is 1.33 bits per heavy atom. The van der Waals surface area contributed by atoms with Crippen molar-refractivity contribution in [3.8, 4) is 5.75 Å². The van der Waals surface area contributed by atoms with Crippen LogP contribution in [0.1, 0.15) is 33.3 Å². The Labute approximate surface area is 179 Å². The first-order chi connectivity index (χ1) is 14.1. The van der Waals surface area contributed by atoms with E-state index >= 15 is 0 Å². The Bertz CT molecular complexity index is 738. The lowest BCUT2D eigenvalue weighted by Crippen LogP contribution is -2.47. The summed E-state index contributed by atoms with van der Waals surface area (Å²) in [7, 11) is 3.98. The number of aliphatic hydroxyl groups is 1. The summed E-state index contributed by atoms with van der Waals surface area (Å²) in [5.41, 5.74) is 1.32. The topological polar surface area (TPSA) is 94.1 Å². The SMILES string of the molecule is CC(C)NC(=O)Nc1ccc2c(c1)CC(=O)N([C@@H](C)CO)C[C@H](C)[C@H](CN(C)C)O2. The molecule has 1 heterocycles. The number of urea groups is 1. The second-order valence-corrected chi connectivity index (χ2v) is 8.73. The lowest BCUT2D eigenvalue weighted by Gasteiger charge is -2.33. The van der Waals surface area contributed by atoms with E-state index in [0.717, 1.165) is 5.56 Å². The van der Waals surface area contributed by atoms with E-state index in [0.29, 0.717) is 24.5 Å². The van der Waals surface area contributed by atoms with Gasteiger partial charge < -0.3 is 30.3 Å². The first kappa shape index (κ1) is 24.0. The average Bonchev–Trinajstić information content (AvgIpc) is 2.69. The second kappa shape index (κ2) is 10.6. The van der Waals surface area contributed by atoms with Gasteiger partial charge >= 0.3 is 6.03 Å². The van der Waals surface area contributed by atoms with E-state index in [2.05, 4.69) is 22.5 Å². The van der Waals surface area contributed by atoms with Crippen LogP contribution in [0.25, 0.3) is 0 Å². The van der Waals surface area contributed by atoms with E-state index in [1.165, 1.54) is 0 Å². The Balaban J connectivity index is 2.37. The number of carbonyl (C=O) groups is 2. The summed E-state index contributed by atoms with van der Waals surface area (Å²) in [6, 6.07) is 4.83. The van der Waals surface area contributed by atoms with Gasteiger partial charge in [-0.05, 0) is 53.1 Å². The number of nitrogens with zero attached hydrogens (tertiary/aromatic N) is 2. The van der Waals surface area contributed by atoms with Crippen molar-refractivity contribution in [2.24, 2.45) is 5.92 Å². The van der Waals surface area contributed by atoms with Gasteiger partial charge in [0, 0.05) is 36.3 Å². The predicted molar refractivity (Wildman–Crippen MR) is 118 cm³/mol. The maximum atomic E-state index is 13.1. The summed E-state index contributed by atoms with van der Waals surface area (Å²) in [5.74, 6) is 0.656. The molecule has 3 atom stereocenters. The van der Waals surface area contributed by atoms with Gasteiger partial charge in [0.25, 0.3) is 0 Å². The van der Waals surface area contributed by atoms with Gasteiger partial charge in [0.15, 0.2) is 0 Å². The predicted octanol–water partition coefficient (Wildman–Crippen LogP) is 1.93. The van der Waals surface area contributed by atoms with Gasteiger partial charge in [0.1, 0.15) is 11.9 Å². The third-order valence-corrected chi connectivity index (χ3v) is 5.14. The van der Waals surface area contributed by atoms with Crippen molar-refractivity contribution in [3.63, 3.8) is 0 Å². The fourth-order valence-corrected chi connectivity index (χ4v) is 3.51. The maximum Gasteiger partial charge on any atom is 0.319 e. The van der Waals surface area contributed by atoms with Gasteiger partial charge in [-0.1, -0.05) is 6.92 Å². The molecule has 2 rings (SSSR count). The molecule has 0 radical (unpaired) electrons.